The molecule has 0 amide bonds. The Balaban J connectivity index is 1.85. The minimum absolute atomic E-state index is 0.377. The molecular formula is C15H29N3O. The molecule has 2 rings (SSSR count). The van der Waals surface area contributed by atoms with E-state index in [0.717, 1.165) is 44.5 Å². The maximum absolute atomic E-state index is 6.17. The molecule has 0 spiro atoms. The fourth-order valence-corrected chi connectivity index (χ4v) is 3.23. The largest absolute Gasteiger partial charge is 0.385 e. The molecule has 19 heavy (non-hydrogen) atoms. The molecule has 0 bridgehead atoms. The van der Waals surface area contributed by atoms with Gasteiger partial charge in [0.15, 0.2) is 5.96 Å². The van der Waals surface area contributed by atoms with Crippen LogP contribution in [0.25, 0.3) is 0 Å². The zero-order valence-electron chi connectivity index (χ0n) is 12.5. The van der Waals surface area contributed by atoms with Crippen molar-refractivity contribution in [2.45, 2.75) is 45.4 Å². The zero-order valence-corrected chi connectivity index (χ0v) is 12.5. The summed E-state index contributed by atoms with van der Waals surface area (Å²) in [4.78, 5) is 6.95. The first-order valence-corrected chi connectivity index (χ1v) is 7.69. The number of hydrogen-bond acceptors (Lipinski definition) is 2. The molecule has 0 aromatic carbocycles. The Hall–Kier alpha value is -0.770. The van der Waals surface area contributed by atoms with Crippen LogP contribution in [0, 0.1) is 11.3 Å². The summed E-state index contributed by atoms with van der Waals surface area (Å²) in [7, 11) is 1.78. The normalized spacial score (nSPS) is 27.2. The smallest absolute Gasteiger partial charge is 0.191 e. The van der Waals surface area contributed by atoms with Crippen LogP contribution in [0.3, 0.4) is 0 Å². The molecule has 0 aromatic heterocycles. The molecule has 1 aliphatic carbocycles. The number of rotatable bonds is 5. The van der Waals surface area contributed by atoms with Crippen LogP contribution in [-0.2, 0) is 4.74 Å². The number of nitrogens with zero attached hydrogens (tertiary/aromatic N) is 2. The van der Waals surface area contributed by atoms with Crippen molar-refractivity contribution in [2.24, 2.45) is 22.1 Å². The highest BCUT2D eigenvalue weighted by Gasteiger charge is 2.36. The molecule has 1 heterocycles. The predicted molar refractivity (Wildman–Crippen MR) is 79.2 cm³/mol. The van der Waals surface area contributed by atoms with E-state index in [-0.39, 0.29) is 0 Å². The van der Waals surface area contributed by atoms with Gasteiger partial charge in [-0.25, -0.2) is 0 Å². The third-order valence-electron chi connectivity index (χ3n) is 4.81. The van der Waals surface area contributed by atoms with Gasteiger partial charge in [-0.2, -0.15) is 0 Å². The van der Waals surface area contributed by atoms with Crippen LogP contribution < -0.4 is 5.73 Å². The summed E-state index contributed by atoms with van der Waals surface area (Å²) in [5.74, 6) is 1.50. The van der Waals surface area contributed by atoms with E-state index in [0.29, 0.717) is 5.41 Å². The summed E-state index contributed by atoms with van der Waals surface area (Å²) in [5, 5.41) is 0. The number of nitrogens with two attached hydrogens (primary N) is 1. The van der Waals surface area contributed by atoms with E-state index in [1.165, 1.54) is 32.1 Å². The first-order valence-electron chi connectivity index (χ1n) is 7.69. The fraction of sp³-hybridized carbons (Fsp3) is 0.933. The topological polar surface area (TPSA) is 50.9 Å². The number of methoxy groups -OCH3 is 1. The Labute approximate surface area is 117 Å². The molecule has 1 aliphatic heterocycles. The van der Waals surface area contributed by atoms with E-state index in [9.17, 15) is 0 Å². The van der Waals surface area contributed by atoms with Crippen molar-refractivity contribution < 1.29 is 4.74 Å². The van der Waals surface area contributed by atoms with Crippen molar-refractivity contribution in [3.05, 3.63) is 0 Å². The van der Waals surface area contributed by atoms with Crippen LogP contribution in [-0.4, -0.2) is 44.2 Å². The summed E-state index contributed by atoms with van der Waals surface area (Å²) in [6, 6.07) is 0. The Kier molecular flexibility index (Phi) is 5.08. The lowest BCUT2D eigenvalue weighted by molar-refractivity contribution is 0.0776. The van der Waals surface area contributed by atoms with Crippen molar-refractivity contribution in [1.82, 2.24) is 4.90 Å². The molecule has 1 saturated heterocycles. The molecule has 110 valence electrons. The summed E-state index contributed by atoms with van der Waals surface area (Å²) in [6.45, 7) is 6.17. The van der Waals surface area contributed by atoms with Crippen molar-refractivity contribution in [2.75, 3.05) is 33.4 Å². The number of ether oxygens (including phenoxy) is 1. The number of guanidine groups is 1. The lowest BCUT2D eigenvalue weighted by Gasteiger charge is -2.41. The van der Waals surface area contributed by atoms with E-state index < -0.39 is 0 Å². The minimum Gasteiger partial charge on any atom is -0.385 e. The van der Waals surface area contributed by atoms with Gasteiger partial charge in [-0.05, 0) is 43.4 Å². The second-order valence-electron chi connectivity index (χ2n) is 6.46. The molecule has 0 radical (unpaired) electrons. The van der Waals surface area contributed by atoms with Crippen LogP contribution in [0.4, 0.5) is 0 Å². The first kappa shape index (κ1) is 14.6. The van der Waals surface area contributed by atoms with Gasteiger partial charge in [-0.3, -0.25) is 4.99 Å². The maximum atomic E-state index is 6.17. The van der Waals surface area contributed by atoms with Gasteiger partial charge in [0.2, 0.25) is 0 Å². The molecule has 4 heteroatoms. The van der Waals surface area contributed by atoms with Gasteiger partial charge in [0.05, 0.1) is 0 Å². The monoisotopic (exact) mass is 267 g/mol. The predicted octanol–water partition coefficient (Wildman–Crippen LogP) is 2.24. The van der Waals surface area contributed by atoms with Crippen molar-refractivity contribution >= 4 is 5.96 Å². The van der Waals surface area contributed by atoms with Gasteiger partial charge in [0.1, 0.15) is 0 Å². The van der Waals surface area contributed by atoms with Crippen molar-refractivity contribution in [1.29, 1.82) is 0 Å². The summed E-state index contributed by atoms with van der Waals surface area (Å²) < 4.78 is 5.22. The molecule has 2 N–H and O–H groups in total. The first-order chi connectivity index (χ1) is 9.15. The summed E-state index contributed by atoms with van der Waals surface area (Å²) in [6.07, 6.45) is 7.58. The molecule has 1 saturated carbocycles. The van der Waals surface area contributed by atoms with Gasteiger partial charge < -0.3 is 15.4 Å². The Morgan fingerprint density at radius 3 is 2.79 bits per heavy atom. The van der Waals surface area contributed by atoms with Gasteiger partial charge in [0.25, 0.3) is 0 Å². The molecule has 1 unspecified atom stereocenters. The quantitative estimate of drug-likeness (QED) is 0.614. The Bertz CT molecular complexity index is 313. The van der Waals surface area contributed by atoms with E-state index in [1.54, 1.807) is 7.11 Å². The highest BCUT2D eigenvalue weighted by Crippen LogP contribution is 2.44. The van der Waals surface area contributed by atoms with Crippen molar-refractivity contribution in [3.8, 4) is 0 Å². The second-order valence-corrected chi connectivity index (χ2v) is 6.46. The molecule has 4 nitrogen and oxygen atoms in total. The molecule has 1 atom stereocenters. The SMILES string of the molecule is COCCC1(CN=C(N)N2CCCC(C)C2)CCC1. The van der Waals surface area contributed by atoms with Crippen LogP contribution in [0.5, 0.6) is 0 Å². The molecule has 0 aromatic rings. The lowest BCUT2D eigenvalue weighted by atomic mass is 9.67. The number of hydrogen-bond donors (Lipinski definition) is 1. The fourth-order valence-electron chi connectivity index (χ4n) is 3.23. The van der Waals surface area contributed by atoms with Crippen molar-refractivity contribution in [3.63, 3.8) is 0 Å². The van der Waals surface area contributed by atoms with Gasteiger partial charge >= 0.3 is 0 Å². The van der Waals surface area contributed by atoms with E-state index in [1.807, 2.05) is 0 Å². The summed E-state index contributed by atoms with van der Waals surface area (Å²) in [5.41, 5.74) is 6.55. The highest BCUT2D eigenvalue weighted by atomic mass is 16.5. The third kappa shape index (κ3) is 3.85. The molecule has 2 aliphatic rings. The van der Waals surface area contributed by atoms with E-state index in [4.69, 9.17) is 15.5 Å². The van der Waals surface area contributed by atoms with Crippen LogP contribution in [0.1, 0.15) is 45.4 Å². The van der Waals surface area contributed by atoms with Crippen LogP contribution in [0.2, 0.25) is 0 Å². The molecule has 2 fully saturated rings. The maximum Gasteiger partial charge on any atom is 0.191 e. The summed E-state index contributed by atoms with van der Waals surface area (Å²) >= 11 is 0. The highest BCUT2D eigenvalue weighted by molar-refractivity contribution is 5.78. The van der Waals surface area contributed by atoms with E-state index in [2.05, 4.69) is 11.8 Å². The second kappa shape index (κ2) is 6.60. The Morgan fingerprint density at radius 2 is 2.21 bits per heavy atom. The average Bonchev–Trinajstić information content (AvgIpc) is 2.37. The average molecular weight is 267 g/mol. The Morgan fingerprint density at radius 1 is 1.42 bits per heavy atom. The minimum atomic E-state index is 0.377. The zero-order chi connectivity index (χ0) is 13.7. The lowest BCUT2D eigenvalue weighted by Crippen LogP contribution is -2.44. The van der Waals surface area contributed by atoms with E-state index >= 15 is 0 Å². The number of piperidine rings is 1. The van der Waals surface area contributed by atoms with Crippen LogP contribution >= 0.6 is 0 Å². The van der Waals surface area contributed by atoms with Gasteiger partial charge in [-0.15, -0.1) is 0 Å². The van der Waals surface area contributed by atoms with Gasteiger partial charge in [-0.1, -0.05) is 13.3 Å². The molecular weight excluding hydrogens is 238 g/mol. The van der Waals surface area contributed by atoms with Crippen LogP contribution in [0.15, 0.2) is 4.99 Å². The third-order valence-corrected chi connectivity index (χ3v) is 4.81. The number of aliphatic imine (C=N–C) groups is 1. The standard InChI is InChI=1S/C15H29N3O/c1-13-5-3-9-18(11-13)14(16)17-12-15(6-4-7-15)8-10-19-2/h13H,3-12H2,1-2H3,(H2,16,17). The number of likely N-dealkylation sites (tertiary alicyclic amines) is 1. The van der Waals surface area contributed by atoms with Gasteiger partial charge in [0, 0.05) is 33.4 Å².